The van der Waals surface area contributed by atoms with Gasteiger partial charge in [-0.2, -0.15) is 5.10 Å². The third-order valence-electron chi connectivity index (χ3n) is 3.71. The van der Waals surface area contributed by atoms with Crippen molar-refractivity contribution >= 4 is 23.4 Å². The first-order chi connectivity index (χ1) is 11.3. The van der Waals surface area contributed by atoms with Crippen molar-refractivity contribution < 1.29 is 14.3 Å². The van der Waals surface area contributed by atoms with Gasteiger partial charge in [-0.1, -0.05) is 25.4 Å². The first-order valence-electron chi connectivity index (χ1n) is 7.44. The predicted octanol–water partition coefficient (Wildman–Crippen LogP) is 3.35. The molecule has 1 aliphatic rings. The lowest BCUT2D eigenvalue weighted by molar-refractivity contribution is -0.117. The van der Waals surface area contributed by atoms with Crippen LogP contribution in [0.1, 0.15) is 37.0 Å². The maximum absolute atomic E-state index is 12.4. The minimum atomic E-state index is -0.582. The van der Waals surface area contributed by atoms with Crippen molar-refractivity contribution in [2.75, 3.05) is 0 Å². The highest BCUT2D eigenvalue weighted by Crippen LogP contribution is 2.34. The molecule has 6 nitrogen and oxygen atoms in total. The first-order valence-corrected chi connectivity index (χ1v) is 7.82. The van der Waals surface area contributed by atoms with Gasteiger partial charge in [0.2, 0.25) is 0 Å². The van der Waals surface area contributed by atoms with Gasteiger partial charge in [-0.15, -0.1) is 0 Å². The van der Waals surface area contributed by atoms with Crippen molar-refractivity contribution in [1.29, 1.82) is 0 Å². The summed E-state index contributed by atoms with van der Waals surface area (Å²) in [4.78, 5) is 28.0. The molecule has 0 saturated heterocycles. The molecule has 0 spiro atoms. The maximum atomic E-state index is 12.4. The van der Waals surface area contributed by atoms with Crippen LogP contribution in [0.4, 0.5) is 0 Å². The zero-order valence-corrected chi connectivity index (χ0v) is 14.1. The number of hydrogen-bond donors (Lipinski definition) is 0. The smallest absolute Gasteiger partial charge is 0.344 e. The molecule has 0 radical (unpaired) electrons. The minimum absolute atomic E-state index is 0.0401. The number of ether oxygens (including phenoxy) is 1. The summed E-state index contributed by atoms with van der Waals surface area (Å²) in [6.07, 6.45) is 5.30. The summed E-state index contributed by atoms with van der Waals surface area (Å²) in [5, 5.41) is 4.25. The quantitative estimate of drug-likeness (QED) is 0.797. The highest BCUT2D eigenvalue weighted by molar-refractivity contribution is 6.33. The van der Waals surface area contributed by atoms with E-state index in [1.807, 2.05) is 13.8 Å². The number of rotatable bonds is 3. The molecule has 0 aliphatic heterocycles. The molecule has 0 bridgehead atoms. The van der Waals surface area contributed by atoms with Crippen molar-refractivity contribution in [3.63, 3.8) is 0 Å². The highest BCUT2D eigenvalue weighted by atomic mass is 35.5. The summed E-state index contributed by atoms with van der Waals surface area (Å²) in [5.41, 5.74) is 0.696. The lowest BCUT2D eigenvalue weighted by Gasteiger charge is -2.27. The SMILES string of the molecule is CC1(C)CC(=O)C=C(OC(=O)c2ccc(-n3cncn3)cc2Cl)C1. The second-order valence-corrected chi connectivity index (χ2v) is 6.90. The van der Waals surface area contributed by atoms with Gasteiger partial charge in [0.15, 0.2) is 5.78 Å². The van der Waals surface area contributed by atoms with Crippen LogP contribution >= 0.6 is 11.6 Å². The lowest BCUT2D eigenvalue weighted by atomic mass is 9.79. The molecule has 3 rings (SSSR count). The van der Waals surface area contributed by atoms with E-state index in [-0.39, 0.29) is 21.8 Å². The van der Waals surface area contributed by atoms with E-state index in [0.717, 1.165) is 0 Å². The first kappa shape index (κ1) is 16.4. The molecule has 0 N–H and O–H groups in total. The second kappa shape index (κ2) is 6.20. The standard InChI is InChI=1S/C17H16ClN3O3/c1-17(2)7-12(22)6-13(8-17)24-16(23)14-4-3-11(5-15(14)18)21-10-19-9-20-21/h3-6,9-10H,7-8H2,1-2H3. The average Bonchev–Trinajstić information content (AvgIpc) is 2.98. The van der Waals surface area contributed by atoms with Crippen LogP contribution in [0.5, 0.6) is 0 Å². The summed E-state index contributed by atoms with van der Waals surface area (Å²) in [5.74, 6) is -0.249. The summed E-state index contributed by atoms with van der Waals surface area (Å²) < 4.78 is 6.91. The number of hydrogen-bond acceptors (Lipinski definition) is 5. The zero-order valence-electron chi connectivity index (χ0n) is 13.3. The monoisotopic (exact) mass is 345 g/mol. The number of allylic oxidation sites excluding steroid dienone is 2. The number of esters is 1. The normalized spacial score (nSPS) is 16.6. The van der Waals surface area contributed by atoms with Crippen molar-refractivity contribution in [2.45, 2.75) is 26.7 Å². The lowest BCUT2D eigenvalue weighted by Crippen LogP contribution is -2.23. The maximum Gasteiger partial charge on any atom is 0.344 e. The Morgan fingerprint density at radius 1 is 1.33 bits per heavy atom. The number of carbonyl (C=O) groups excluding carboxylic acids is 2. The fourth-order valence-electron chi connectivity index (χ4n) is 2.68. The molecule has 124 valence electrons. The van der Waals surface area contributed by atoms with Gasteiger partial charge < -0.3 is 4.74 Å². The van der Waals surface area contributed by atoms with Gasteiger partial charge in [0.25, 0.3) is 0 Å². The van der Waals surface area contributed by atoms with Crippen molar-refractivity contribution in [3.05, 3.63) is 53.3 Å². The number of nitrogens with zero attached hydrogens (tertiary/aromatic N) is 3. The molecule has 0 atom stereocenters. The van der Waals surface area contributed by atoms with Gasteiger partial charge in [-0.05, 0) is 23.6 Å². The van der Waals surface area contributed by atoms with E-state index in [1.54, 1.807) is 18.2 Å². The number of aromatic nitrogens is 3. The molecule has 0 fully saturated rings. The Bertz CT molecular complexity index is 826. The van der Waals surface area contributed by atoms with Crippen LogP contribution in [0.25, 0.3) is 5.69 Å². The van der Waals surface area contributed by atoms with E-state index < -0.39 is 5.97 Å². The Hall–Kier alpha value is -2.47. The van der Waals surface area contributed by atoms with Crippen LogP contribution in [-0.2, 0) is 9.53 Å². The molecule has 1 aromatic heterocycles. The van der Waals surface area contributed by atoms with Crippen LogP contribution in [0, 0.1) is 5.41 Å². The third-order valence-corrected chi connectivity index (χ3v) is 4.02. The molecule has 1 aromatic carbocycles. The molecule has 0 unspecified atom stereocenters. The third kappa shape index (κ3) is 3.54. The van der Waals surface area contributed by atoms with Crippen LogP contribution in [0.15, 0.2) is 42.7 Å². The van der Waals surface area contributed by atoms with Gasteiger partial charge in [0, 0.05) is 18.9 Å². The average molecular weight is 346 g/mol. The highest BCUT2D eigenvalue weighted by Gasteiger charge is 2.30. The van der Waals surface area contributed by atoms with Gasteiger partial charge in [0.1, 0.15) is 18.4 Å². The fraction of sp³-hybridized carbons (Fsp3) is 0.294. The summed E-state index contributed by atoms with van der Waals surface area (Å²) >= 11 is 6.19. The van der Waals surface area contributed by atoms with E-state index >= 15 is 0 Å². The number of benzene rings is 1. The van der Waals surface area contributed by atoms with Gasteiger partial charge in [0.05, 0.1) is 16.3 Å². The summed E-state index contributed by atoms with van der Waals surface area (Å²) in [6, 6.07) is 4.87. The molecule has 1 heterocycles. The Morgan fingerprint density at radius 3 is 2.75 bits per heavy atom. The van der Waals surface area contributed by atoms with Crippen molar-refractivity contribution in [3.8, 4) is 5.69 Å². The minimum Gasteiger partial charge on any atom is -0.427 e. The van der Waals surface area contributed by atoms with E-state index in [4.69, 9.17) is 16.3 Å². The number of halogens is 1. The van der Waals surface area contributed by atoms with E-state index in [2.05, 4.69) is 10.1 Å². The van der Waals surface area contributed by atoms with Crippen LogP contribution in [-0.4, -0.2) is 26.5 Å². The molecule has 0 saturated carbocycles. The molecular formula is C17H16ClN3O3. The van der Waals surface area contributed by atoms with E-state index in [1.165, 1.54) is 23.4 Å². The van der Waals surface area contributed by atoms with E-state index in [9.17, 15) is 9.59 Å². The Kier molecular flexibility index (Phi) is 4.24. The molecule has 2 aromatic rings. The van der Waals surface area contributed by atoms with E-state index in [0.29, 0.717) is 24.3 Å². The fourth-order valence-corrected chi connectivity index (χ4v) is 2.93. The Balaban J connectivity index is 1.79. The Morgan fingerprint density at radius 2 is 2.12 bits per heavy atom. The van der Waals surface area contributed by atoms with Crippen molar-refractivity contribution in [2.24, 2.45) is 5.41 Å². The predicted molar refractivity (Wildman–Crippen MR) is 87.9 cm³/mol. The molecule has 24 heavy (non-hydrogen) atoms. The largest absolute Gasteiger partial charge is 0.427 e. The zero-order chi connectivity index (χ0) is 17.3. The van der Waals surface area contributed by atoms with Crippen LogP contribution in [0.2, 0.25) is 5.02 Å². The topological polar surface area (TPSA) is 74.1 Å². The Labute approximate surface area is 144 Å². The van der Waals surface area contributed by atoms with Gasteiger partial charge in [-0.25, -0.2) is 14.5 Å². The van der Waals surface area contributed by atoms with Crippen LogP contribution < -0.4 is 0 Å². The number of carbonyl (C=O) groups is 2. The molecule has 1 aliphatic carbocycles. The van der Waals surface area contributed by atoms with Gasteiger partial charge >= 0.3 is 5.97 Å². The second-order valence-electron chi connectivity index (χ2n) is 6.49. The number of ketones is 1. The summed E-state index contributed by atoms with van der Waals surface area (Å²) in [7, 11) is 0. The summed E-state index contributed by atoms with van der Waals surface area (Å²) in [6.45, 7) is 3.93. The van der Waals surface area contributed by atoms with Crippen LogP contribution in [0.3, 0.4) is 0 Å². The molecular weight excluding hydrogens is 330 g/mol. The molecule has 0 amide bonds. The van der Waals surface area contributed by atoms with Crippen molar-refractivity contribution in [1.82, 2.24) is 14.8 Å². The molecule has 7 heteroatoms. The van der Waals surface area contributed by atoms with Gasteiger partial charge in [-0.3, -0.25) is 4.79 Å².